The lowest BCUT2D eigenvalue weighted by Gasteiger charge is -2.31. The molecule has 23 heavy (non-hydrogen) atoms. The summed E-state index contributed by atoms with van der Waals surface area (Å²) in [7, 11) is 0. The monoisotopic (exact) mass is 322 g/mol. The van der Waals surface area contributed by atoms with Crippen LogP contribution >= 0.6 is 0 Å². The van der Waals surface area contributed by atoms with Crippen LogP contribution in [0.5, 0.6) is 5.75 Å². The first-order valence-corrected chi connectivity index (χ1v) is 7.33. The maximum Gasteiger partial charge on any atom is 0.310 e. The van der Waals surface area contributed by atoms with Gasteiger partial charge in [0, 0.05) is 25.6 Å². The first kappa shape index (κ1) is 16.7. The molecule has 0 aliphatic carbocycles. The fourth-order valence-corrected chi connectivity index (χ4v) is 2.59. The average Bonchev–Trinajstić information content (AvgIpc) is 2.53. The summed E-state index contributed by atoms with van der Waals surface area (Å²) in [4.78, 5) is 34.7. The van der Waals surface area contributed by atoms with Crippen LogP contribution in [0.15, 0.2) is 24.3 Å². The third kappa shape index (κ3) is 4.67. The number of piperidine rings is 1. The number of aliphatic carboxylic acids is 1. The number of likely N-dealkylation sites (tertiary alicyclic amines) is 1. The SMILES string of the molecule is O=C(O)CC1CCN(C(=O)COc2ccccc2[N+](=O)[O-])CC1. The number of ether oxygens (including phenoxy) is 1. The van der Waals surface area contributed by atoms with E-state index in [1.165, 1.54) is 18.2 Å². The number of carboxylic acids is 1. The van der Waals surface area contributed by atoms with E-state index in [4.69, 9.17) is 9.84 Å². The second kappa shape index (κ2) is 7.57. The van der Waals surface area contributed by atoms with Crippen molar-refractivity contribution in [1.82, 2.24) is 4.90 Å². The molecule has 1 aliphatic rings. The molecule has 1 aliphatic heterocycles. The number of nitro benzene ring substituents is 1. The number of para-hydroxylation sites is 2. The van der Waals surface area contributed by atoms with Crippen LogP contribution in [0.3, 0.4) is 0 Å². The van der Waals surface area contributed by atoms with Crippen LogP contribution in [0.25, 0.3) is 0 Å². The van der Waals surface area contributed by atoms with Gasteiger partial charge in [-0.25, -0.2) is 0 Å². The largest absolute Gasteiger partial charge is 0.481 e. The van der Waals surface area contributed by atoms with Crippen molar-refractivity contribution in [3.05, 3.63) is 34.4 Å². The van der Waals surface area contributed by atoms with Crippen LogP contribution in [-0.2, 0) is 9.59 Å². The Morgan fingerprint density at radius 2 is 1.96 bits per heavy atom. The summed E-state index contributed by atoms with van der Waals surface area (Å²) in [5.41, 5.74) is -0.180. The van der Waals surface area contributed by atoms with E-state index >= 15 is 0 Å². The molecule has 0 atom stereocenters. The molecule has 0 spiro atoms. The maximum atomic E-state index is 12.1. The summed E-state index contributed by atoms with van der Waals surface area (Å²) in [5, 5.41) is 19.6. The molecule has 0 saturated carbocycles. The van der Waals surface area contributed by atoms with Crippen LogP contribution in [0, 0.1) is 16.0 Å². The van der Waals surface area contributed by atoms with E-state index in [0.29, 0.717) is 25.9 Å². The molecule has 2 rings (SSSR count). The van der Waals surface area contributed by atoms with E-state index < -0.39 is 10.9 Å². The number of hydrogen-bond donors (Lipinski definition) is 1. The number of benzene rings is 1. The third-order valence-corrected chi connectivity index (χ3v) is 3.84. The summed E-state index contributed by atoms with van der Waals surface area (Å²) in [5.74, 6) is -0.925. The minimum absolute atomic E-state index is 0.0617. The predicted molar refractivity (Wildman–Crippen MR) is 80.1 cm³/mol. The van der Waals surface area contributed by atoms with Gasteiger partial charge in [-0.1, -0.05) is 12.1 Å². The Morgan fingerprint density at radius 3 is 2.57 bits per heavy atom. The number of hydrogen-bond acceptors (Lipinski definition) is 5. The number of rotatable bonds is 6. The summed E-state index contributed by atoms with van der Waals surface area (Å²) < 4.78 is 5.28. The molecule has 1 aromatic rings. The number of amides is 1. The van der Waals surface area contributed by atoms with Gasteiger partial charge in [0.15, 0.2) is 12.4 Å². The Morgan fingerprint density at radius 1 is 1.30 bits per heavy atom. The first-order valence-electron chi connectivity index (χ1n) is 7.33. The fourth-order valence-electron chi connectivity index (χ4n) is 2.59. The number of carbonyl (C=O) groups excluding carboxylic acids is 1. The normalized spacial score (nSPS) is 15.2. The Balaban J connectivity index is 1.84. The van der Waals surface area contributed by atoms with E-state index in [1.807, 2.05) is 0 Å². The minimum atomic E-state index is -0.825. The first-order chi connectivity index (χ1) is 11.0. The van der Waals surface area contributed by atoms with Crippen molar-refractivity contribution in [2.75, 3.05) is 19.7 Å². The Hall–Kier alpha value is -2.64. The van der Waals surface area contributed by atoms with Gasteiger partial charge in [0.25, 0.3) is 5.91 Å². The Kier molecular flexibility index (Phi) is 5.51. The zero-order chi connectivity index (χ0) is 16.8. The third-order valence-electron chi connectivity index (χ3n) is 3.84. The van der Waals surface area contributed by atoms with Crippen molar-refractivity contribution in [2.45, 2.75) is 19.3 Å². The highest BCUT2D eigenvalue weighted by atomic mass is 16.6. The van der Waals surface area contributed by atoms with Crippen molar-refractivity contribution >= 4 is 17.6 Å². The van der Waals surface area contributed by atoms with E-state index in [9.17, 15) is 19.7 Å². The smallest absolute Gasteiger partial charge is 0.310 e. The van der Waals surface area contributed by atoms with Gasteiger partial charge in [0.1, 0.15) is 0 Å². The molecule has 1 N–H and O–H groups in total. The zero-order valence-corrected chi connectivity index (χ0v) is 12.5. The van der Waals surface area contributed by atoms with Gasteiger partial charge in [0.05, 0.1) is 4.92 Å². The molecule has 1 amide bonds. The van der Waals surface area contributed by atoms with Crippen molar-refractivity contribution < 1.29 is 24.4 Å². The molecule has 1 saturated heterocycles. The standard InChI is InChI=1S/C15H18N2O6/c18-14(16-7-5-11(6-8-16)9-15(19)20)10-23-13-4-2-1-3-12(13)17(21)22/h1-4,11H,5-10H2,(H,19,20). The number of carbonyl (C=O) groups is 2. The van der Waals surface area contributed by atoms with Gasteiger partial charge >= 0.3 is 11.7 Å². The van der Waals surface area contributed by atoms with Gasteiger partial charge in [-0.05, 0) is 24.8 Å². The number of nitro groups is 1. The molecule has 0 aromatic heterocycles. The summed E-state index contributed by atoms with van der Waals surface area (Å²) in [6, 6.07) is 5.89. The van der Waals surface area contributed by atoms with Crippen molar-refractivity contribution in [3.63, 3.8) is 0 Å². The minimum Gasteiger partial charge on any atom is -0.481 e. The molecule has 0 radical (unpaired) electrons. The van der Waals surface area contributed by atoms with Crippen LogP contribution in [-0.4, -0.2) is 46.5 Å². The van der Waals surface area contributed by atoms with Crippen molar-refractivity contribution in [3.8, 4) is 5.75 Å². The highest BCUT2D eigenvalue weighted by Gasteiger charge is 2.25. The van der Waals surface area contributed by atoms with Gasteiger partial charge < -0.3 is 14.7 Å². The molecular formula is C15H18N2O6. The summed E-state index contributed by atoms with van der Waals surface area (Å²) in [6.07, 6.45) is 1.40. The van der Waals surface area contributed by atoms with E-state index in [2.05, 4.69) is 0 Å². The molecule has 0 bridgehead atoms. The van der Waals surface area contributed by atoms with E-state index in [1.54, 1.807) is 11.0 Å². The molecule has 1 fully saturated rings. The van der Waals surface area contributed by atoms with Gasteiger partial charge in [0.2, 0.25) is 0 Å². The Labute approximate surface area is 132 Å². The second-order valence-corrected chi connectivity index (χ2v) is 5.44. The highest BCUT2D eigenvalue weighted by Crippen LogP contribution is 2.26. The van der Waals surface area contributed by atoms with Crippen molar-refractivity contribution in [1.29, 1.82) is 0 Å². The van der Waals surface area contributed by atoms with E-state index in [-0.39, 0.29) is 36.3 Å². The molecule has 8 heteroatoms. The highest BCUT2D eigenvalue weighted by molar-refractivity contribution is 5.78. The van der Waals surface area contributed by atoms with Crippen LogP contribution in [0.4, 0.5) is 5.69 Å². The average molecular weight is 322 g/mol. The lowest BCUT2D eigenvalue weighted by Crippen LogP contribution is -2.41. The number of nitrogens with zero attached hydrogens (tertiary/aromatic N) is 2. The second-order valence-electron chi connectivity index (χ2n) is 5.44. The van der Waals surface area contributed by atoms with Crippen LogP contribution in [0.1, 0.15) is 19.3 Å². The zero-order valence-electron chi connectivity index (χ0n) is 12.5. The number of carboxylic acid groups (broad SMARTS) is 1. The topological polar surface area (TPSA) is 110 Å². The summed E-state index contributed by atoms with van der Waals surface area (Å²) in [6.45, 7) is 0.697. The maximum absolute atomic E-state index is 12.1. The molecule has 124 valence electrons. The predicted octanol–water partition coefficient (Wildman–Crippen LogP) is 1.69. The fraction of sp³-hybridized carbons (Fsp3) is 0.467. The van der Waals surface area contributed by atoms with Crippen LogP contribution < -0.4 is 4.74 Å². The van der Waals surface area contributed by atoms with Gasteiger partial charge in [-0.3, -0.25) is 19.7 Å². The lowest BCUT2D eigenvalue weighted by molar-refractivity contribution is -0.385. The lowest BCUT2D eigenvalue weighted by atomic mass is 9.94. The van der Waals surface area contributed by atoms with Gasteiger partial charge in [-0.2, -0.15) is 0 Å². The van der Waals surface area contributed by atoms with Crippen molar-refractivity contribution in [2.24, 2.45) is 5.92 Å². The molecule has 1 heterocycles. The molecular weight excluding hydrogens is 304 g/mol. The van der Waals surface area contributed by atoms with E-state index in [0.717, 1.165) is 0 Å². The van der Waals surface area contributed by atoms with Crippen LogP contribution in [0.2, 0.25) is 0 Å². The molecule has 8 nitrogen and oxygen atoms in total. The molecule has 0 unspecified atom stereocenters. The molecule has 1 aromatic carbocycles. The summed E-state index contributed by atoms with van der Waals surface area (Å²) >= 11 is 0. The van der Waals surface area contributed by atoms with Gasteiger partial charge in [-0.15, -0.1) is 0 Å². The Bertz CT molecular complexity index is 595. The quantitative estimate of drug-likeness (QED) is 0.630.